The molecule has 1 unspecified atom stereocenters. The van der Waals surface area contributed by atoms with Crippen molar-refractivity contribution in [2.45, 2.75) is 31.4 Å². The first-order chi connectivity index (χ1) is 6.33. The molecule has 5 heteroatoms. The first kappa shape index (κ1) is 11.8. The zero-order valence-electron chi connectivity index (χ0n) is 8.33. The standard InChI is InChI=1S/C9H15F2NOS/c1-6(2)7(14)8(13)12-4-3-9(10,11)5-12/h6-7,14H,3-5H2,1-2H3. The lowest BCUT2D eigenvalue weighted by atomic mass is 10.1. The number of carbonyl (C=O) groups excluding carboxylic acids is 1. The predicted molar refractivity (Wildman–Crippen MR) is 53.8 cm³/mol. The third kappa shape index (κ3) is 2.59. The van der Waals surface area contributed by atoms with Gasteiger partial charge in [0.25, 0.3) is 5.92 Å². The number of thiol groups is 1. The molecule has 0 aromatic heterocycles. The maximum atomic E-state index is 12.8. The van der Waals surface area contributed by atoms with Gasteiger partial charge in [0.2, 0.25) is 5.91 Å². The van der Waals surface area contributed by atoms with Crippen molar-refractivity contribution in [3.63, 3.8) is 0 Å². The van der Waals surface area contributed by atoms with Gasteiger partial charge in [0, 0.05) is 13.0 Å². The Morgan fingerprint density at radius 3 is 2.43 bits per heavy atom. The largest absolute Gasteiger partial charge is 0.335 e. The average molecular weight is 223 g/mol. The predicted octanol–water partition coefficient (Wildman–Crippen LogP) is 1.81. The number of rotatable bonds is 2. The van der Waals surface area contributed by atoms with Crippen LogP contribution in [0.1, 0.15) is 20.3 Å². The Morgan fingerprint density at radius 2 is 2.07 bits per heavy atom. The fourth-order valence-electron chi connectivity index (χ4n) is 1.40. The summed E-state index contributed by atoms with van der Waals surface area (Å²) in [6, 6.07) is 0. The van der Waals surface area contributed by atoms with E-state index in [1.165, 1.54) is 4.90 Å². The number of carbonyl (C=O) groups is 1. The Balaban J connectivity index is 2.56. The molecule has 1 aliphatic rings. The van der Waals surface area contributed by atoms with Gasteiger partial charge >= 0.3 is 0 Å². The van der Waals surface area contributed by atoms with Crippen LogP contribution in [-0.4, -0.2) is 35.1 Å². The van der Waals surface area contributed by atoms with E-state index in [4.69, 9.17) is 0 Å². The minimum Gasteiger partial charge on any atom is -0.335 e. The molecule has 1 rings (SSSR count). The molecule has 1 atom stereocenters. The summed E-state index contributed by atoms with van der Waals surface area (Å²) in [5.41, 5.74) is 0. The lowest BCUT2D eigenvalue weighted by Crippen LogP contribution is -2.38. The van der Waals surface area contributed by atoms with Crippen molar-refractivity contribution in [3.8, 4) is 0 Å². The highest BCUT2D eigenvalue weighted by molar-refractivity contribution is 7.81. The third-order valence-electron chi connectivity index (χ3n) is 2.37. The number of likely N-dealkylation sites (tertiary alicyclic amines) is 1. The van der Waals surface area contributed by atoms with Crippen molar-refractivity contribution in [2.24, 2.45) is 5.92 Å². The molecular formula is C9H15F2NOS. The fourth-order valence-corrected chi connectivity index (χ4v) is 1.56. The molecule has 82 valence electrons. The normalized spacial score (nSPS) is 22.9. The van der Waals surface area contributed by atoms with Crippen LogP contribution >= 0.6 is 12.6 Å². The Kier molecular flexibility index (Phi) is 3.40. The number of amides is 1. The SMILES string of the molecule is CC(C)C(S)C(=O)N1CCC(F)(F)C1. The van der Waals surface area contributed by atoms with E-state index in [2.05, 4.69) is 12.6 Å². The van der Waals surface area contributed by atoms with Gasteiger partial charge in [-0.3, -0.25) is 4.79 Å². The van der Waals surface area contributed by atoms with E-state index in [0.29, 0.717) is 0 Å². The molecule has 1 fully saturated rings. The quantitative estimate of drug-likeness (QED) is 0.708. The first-order valence-electron chi connectivity index (χ1n) is 4.68. The first-order valence-corrected chi connectivity index (χ1v) is 5.20. The lowest BCUT2D eigenvalue weighted by molar-refractivity contribution is -0.131. The van der Waals surface area contributed by atoms with Crippen LogP contribution < -0.4 is 0 Å². The van der Waals surface area contributed by atoms with Crippen molar-refractivity contribution < 1.29 is 13.6 Å². The smallest absolute Gasteiger partial charge is 0.267 e. The third-order valence-corrected chi connectivity index (χ3v) is 3.18. The van der Waals surface area contributed by atoms with Crippen LogP contribution in [0.5, 0.6) is 0 Å². The van der Waals surface area contributed by atoms with Gasteiger partial charge in [-0.15, -0.1) is 0 Å². The van der Waals surface area contributed by atoms with E-state index in [-0.39, 0.29) is 24.8 Å². The average Bonchev–Trinajstić information content (AvgIpc) is 2.43. The maximum absolute atomic E-state index is 12.8. The lowest BCUT2D eigenvalue weighted by Gasteiger charge is -2.22. The van der Waals surface area contributed by atoms with Gasteiger partial charge in [0.05, 0.1) is 11.8 Å². The molecule has 0 aromatic carbocycles. The van der Waals surface area contributed by atoms with E-state index in [1.54, 1.807) is 0 Å². The van der Waals surface area contributed by atoms with Crippen LogP contribution in [0, 0.1) is 5.92 Å². The van der Waals surface area contributed by atoms with Gasteiger partial charge in [0.15, 0.2) is 0 Å². The summed E-state index contributed by atoms with van der Waals surface area (Å²) in [7, 11) is 0. The second-order valence-corrected chi connectivity index (χ2v) is 4.61. The Bertz CT molecular complexity index is 233. The molecule has 0 aromatic rings. The van der Waals surface area contributed by atoms with Gasteiger partial charge in [0.1, 0.15) is 0 Å². The minimum absolute atomic E-state index is 0.0695. The van der Waals surface area contributed by atoms with Crippen LogP contribution in [0.15, 0.2) is 0 Å². The van der Waals surface area contributed by atoms with Gasteiger partial charge < -0.3 is 4.90 Å². The second-order valence-electron chi connectivity index (χ2n) is 4.05. The molecule has 1 saturated heterocycles. The molecule has 0 spiro atoms. The number of nitrogens with zero attached hydrogens (tertiary/aromatic N) is 1. The van der Waals surface area contributed by atoms with Crippen molar-refractivity contribution in [1.29, 1.82) is 0 Å². The van der Waals surface area contributed by atoms with E-state index in [9.17, 15) is 13.6 Å². The summed E-state index contributed by atoms with van der Waals surface area (Å²) in [5, 5.41) is -0.469. The van der Waals surface area contributed by atoms with E-state index in [1.807, 2.05) is 13.8 Å². The summed E-state index contributed by atoms with van der Waals surface area (Å²) in [5.74, 6) is -2.92. The summed E-state index contributed by atoms with van der Waals surface area (Å²) in [6.07, 6.45) is -0.225. The van der Waals surface area contributed by atoms with E-state index >= 15 is 0 Å². The van der Waals surface area contributed by atoms with Gasteiger partial charge in [-0.25, -0.2) is 8.78 Å². The molecule has 1 amide bonds. The van der Waals surface area contributed by atoms with Crippen molar-refractivity contribution in [3.05, 3.63) is 0 Å². The van der Waals surface area contributed by atoms with E-state index in [0.717, 1.165) is 0 Å². The van der Waals surface area contributed by atoms with E-state index < -0.39 is 17.7 Å². The molecule has 0 saturated carbocycles. The van der Waals surface area contributed by atoms with Crippen LogP contribution in [0.25, 0.3) is 0 Å². The summed E-state index contributed by atoms with van der Waals surface area (Å²) in [6.45, 7) is 3.40. The molecule has 0 radical (unpaired) electrons. The van der Waals surface area contributed by atoms with Crippen molar-refractivity contribution >= 4 is 18.5 Å². The molecule has 14 heavy (non-hydrogen) atoms. The van der Waals surface area contributed by atoms with Crippen LogP contribution in [0.2, 0.25) is 0 Å². The monoisotopic (exact) mass is 223 g/mol. The Morgan fingerprint density at radius 1 is 1.50 bits per heavy atom. The van der Waals surface area contributed by atoms with Crippen molar-refractivity contribution in [1.82, 2.24) is 4.90 Å². The van der Waals surface area contributed by atoms with Gasteiger partial charge in [-0.1, -0.05) is 13.8 Å². The number of hydrogen-bond acceptors (Lipinski definition) is 2. The second kappa shape index (κ2) is 4.04. The van der Waals surface area contributed by atoms with Gasteiger partial charge in [-0.2, -0.15) is 12.6 Å². The molecule has 1 aliphatic heterocycles. The van der Waals surface area contributed by atoms with Crippen LogP contribution in [0.3, 0.4) is 0 Å². The molecule has 0 bridgehead atoms. The fraction of sp³-hybridized carbons (Fsp3) is 0.889. The summed E-state index contributed by atoms with van der Waals surface area (Å²) >= 11 is 4.12. The highest BCUT2D eigenvalue weighted by Gasteiger charge is 2.41. The van der Waals surface area contributed by atoms with Gasteiger partial charge in [-0.05, 0) is 5.92 Å². The highest BCUT2D eigenvalue weighted by atomic mass is 32.1. The summed E-state index contributed by atoms with van der Waals surface area (Å²) in [4.78, 5) is 12.8. The topological polar surface area (TPSA) is 20.3 Å². The Labute approximate surface area is 88.1 Å². The van der Waals surface area contributed by atoms with Crippen molar-refractivity contribution in [2.75, 3.05) is 13.1 Å². The molecular weight excluding hydrogens is 208 g/mol. The zero-order valence-corrected chi connectivity index (χ0v) is 9.23. The maximum Gasteiger partial charge on any atom is 0.267 e. The number of halogens is 2. The number of alkyl halides is 2. The highest BCUT2D eigenvalue weighted by Crippen LogP contribution is 2.28. The Hall–Kier alpha value is -0.320. The van der Waals surface area contributed by atoms with Crippen LogP contribution in [-0.2, 0) is 4.79 Å². The minimum atomic E-state index is -2.71. The van der Waals surface area contributed by atoms with Crippen LogP contribution in [0.4, 0.5) is 8.78 Å². The molecule has 2 nitrogen and oxygen atoms in total. The summed E-state index contributed by atoms with van der Waals surface area (Å²) < 4.78 is 25.6. The number of hydrogen-bond donors (Lipinski definition) is 1. The molecule has 0 aliphatic carbocycles. The molecule has 1 heterocycles. The zero-order chi connectivity index (χ0) is 10.9. The molecule has 0 N–H and O–H groups in total.